The second kappa shape index (κ2) is 6.31. The zero-order valence-corrected chi connectivity index (χ0v) is 13.6. The van der Waals surface area contributed by atoms with Crippen molar-refractivity contribution in [2.24, 2.45) is 0 Å². The van der Waals surface area contributed by atoms with E-state index in [1.54, 1.807) is 29.2 Å². The Morgan fingerprint density at radius 3 is 2.83 bits per heavy atom. The van der Waals surface area contributed by atoms with Crippen LogP contribution in [-0.2, 0) is 26.0 Å². The lowest BCUT2D eigenvalue weighted by Gasteiger charge is -2.25. The molecule has 0 aromatic heterocycles. The van der Waals surface area contributed by atoms with Crippen LogP contribution < -0.4 is 5.32 Å². The van der Waals surface area contributed by atoms with E-state index in [0.717, 1.165) is 12.8 Å². The van der Waals surface area contributed by atoms with Gasteiger partial charge in [0.25, 0.3) is 0 Å². The van der Waals surface area contributed by atoms with Gasteiger partial charge in [0.2, 0.25) is 11.8 Å². The molecule has 7 heteroatoms. The van der Waals surface area contributed by atoms with Crippen molar-refractivity contribution in [3.05, 3.63) is 29.8 Å². The van der Waals surface area contributed by atoms with Crippen LogP contribution in [0, 0.1) is 0 Å². The van der Waals surface area contributed by atoms with E-state index in [1.807, 2.05) is 0 Å². The molecule has 1 aromatic carbocycles. The fourth-order valence-corrected chi connectivity index (χ4v) is 4.63. The van der Waals surface area contributed by atoms with E-state index < -0.39 is 15.9 Å². The molecule has 1 aromatic rings. The monoisotopic (exact) mass is 336 g/mol. The van der Waals surface area contributed by atoms with Gasteiger partial charge in [-0.1, -0.05) is 24.6 Å². The summed E-state index contributed by atoms with van der Waals surface area (Å²) >= 11 is 0. The summed E-state index contributed by atoms with van der Waals surface area (Å²) < 4.78 is 24.7. The first-order chi connectivity index (χ1) is 11.0. The second-order valence-corrected chi connectivity index (χ2v) is 8.13. The highest BCUT2D eigenvalue weighted by Crippen LogP contribution is 2.23. The Morgan fingerprint density at radius 2 is 2.00 bits per heavy atom. The number of nitrogens with one attached hydrogen (secondary N) is 1. The molecule has 2 heterocycles. The number of rotatable bonds is 1. The summed E-state index contributed by atoms with van der Waals surface area (Å²) in [6.45, 7) is 0.419. The molecule has 3 rings (SSSR count). The first-order valence-corrected chi connectivity index (χ1v) is 9.51. The highest BCUT2D eigenvalue weighted by Gasteiger charge is 2.32. The second-order valence-electron chi connectivity index (χ2n) is 6.05. The molecule has 0 bridgehead atoms. The van der Waals surface area contributed by atoms with Crippen LogP contribution in [0.4, 0.5) is 0 Å². The Bertz CT molecular complexity index is 729. The molecule has 1 fully saturated rings. The lowest BCUT2D eigenvalue weighted by Crippen LogP contribution is -2.48. The molecule has 2 amide bonds. The molecule has 0 spiro atoms. The van der Waals surface area contributed by atoms with Gasteiger partial charge in [-0.25, -0.2) is 8.42 Å². The van der Waals surface area contributed by atoms with Crippen molar-refractivity contribution in [2.45, 2.75) is 43.2 Å². The zero-order chi connectivity index (χ0) is 16.4. The quantitative estimate of drug-likeness (QED) is 0.824. The smallest absolute Gasteiger partial charge is 0.245 e. The maximum atomic E-state index is 12.7. The fourth-order valence-electron chi connectivity index (χ4n) is 3.13. The van der Waals surface area contributed by atoms with Gasteiger partial charge in [-0.3, -0.25) is 9.59 Å². The molecule has 2 aliphatic heterocycles. The van der Waals surface area contributed by atoms with Gasteiger partial charge in [-0.05, 0) is 24.5 Å². The maximum absolute atomic E-state index is 12.7. The average molecular weight is 336 g/mol. The predicted octanol–water partition coefficient (Wildman–Crippen LogP) is 0.861. The number of sulfone groups is 1. The van der Waals surface area contributed by atoms with Crippen molar-refractivity contribution in [3.8, 4) is 0 Å². The molecule has 6 nitrogen and oxygen atoms in total. The summed E-state index contributed by atoms with van der Waals surface area (Å²) in [6.07, 6.45) is 2.65. The normalized spacial score (nSPS) is 24.1. The number of carbonyl (C=O) groups excluding carboxylic acids is 2. The minimum Gasteiger partial charge on any atom is -0.344 e. The molecule has 23 heavy (non-hydrogen) atoms. The minimum absolute atomic E-state index is 0.0869. The lowest BCUT2D eigenvalue weighted by molar-refractivity contribution is -0.136. The number of nitrogens with zero attached hydrogens (tertiary/aromatic N) is 1. The first kappa shape index (κ1) is 16.0. The molecular weight excluding hydrogens is 316 g/mol. The molecule has 0 radical (unpaired) electrons. The van der Waals surface area contributed by atoms with Crippen molar-refractivity contribution in [1.82, 2.24) is 10.2 Å². The molecule has 0 saturated carbocycles. The molecule has 2 aliphatic rings. The molecule has 1 atom stereocenters. The van der Waals surface area contributed by atoms with E-state index in [-0.39, 0.29) is 30.7 Å². The van der Waals surface area contributed by atoms with Crippen molar-refractivity contribution in [1.29, 1.82) is 0 Å². The maximum Gasteiger partial charge on any atom is 0.245 e. The summed E-state index contributed by atoms with van der Waals surface area (Å²) in [6, 6.07) is 6.25. The Morgan fingerprint density at radius 1 is 1.22 bits per heavy atom. The third-order valence-electron chi connectivity index (χ3n) is 4.39. The van der Waals surface area contributed by atoms with Crippen LogP contribution in [0.2, 0.25) is 0 Å². The van der Waals surface area contributed by atoms with Gasteiger partial charge in [0.05, 0.1) is 10.6 Å². The van der Waals surface area contributed by atoms with Crippen LogP contribution in [0.1, 0.15) is 31.2 Å². The number of fused-ring (bicyclic) bond motifs is 1. The van der Waals surface area contributed by atoms with Crippen LogP contribution >= 0.6 is 0 Å². The number of carbonyl (C=O) groups is 2. The molecule has 1 N–H and O–H groups in total. The van der Waals surface area contributed by atoms with E-state index in [2.05, 4.69) is 5.32 Å². The fraction of sp³-hybridized carbons (Fsp3) is 0.500. The minimum atomic E-state index is -3.37. The highest BCUT2D eigenvalue weighted by molar-refractivity contribution is 7.91. The molecule has 0 unspecified atom stereocenters. The predicted molar refractivity (Wildman–Crippen MR) is 84.3 cm³/mol. The van der Waals surface area contributed by atoms with Gasteiger partial charge in [0, 0.05) is 19.5 Å². The average Bonchev–Trinajstić information content (AvgIpc) is 2.82. The third kappa shape index (κ3) is 3.39. The SMILES string of the molecule is O=C1CCCC[C@H](C(=O)N2CCS(=O)(=O)c3ccccc3C2)N1. The van der Waals surface area contributed by atoms with E-state index in [9.17, 15) is 18.0 Å². The van der Waals surface area contributed by atoms with Gasteiger partial charge in [-0.15, -0.1) is 0 Å². The Balaban J connectivity index is 1.84. The summed E-state index contributed by atoms with van der Waals surface area (Å²) in [4.78, 5) is 26.3. The van der Waals surface area contributed by atoms with Crippen LogP contribution in [0.15, 0.2) is 29.2 Å². The zero-order valence-electron chi connectivity index (χ0n) is 12.8. The van der Waals surface area contributed by atoms with E-state index in [0.29, 0.717) is 23.3 Å². The number of hydrogen-bond donors (Lipinski definition) is 1. The third-order valence-corrected chi connectivity index (χ3v) is 6.18. The van der Waals surface area contributed by atoms with Crippen LogP contribution in [0.3, 0.4) is 0 Å². The van der Waals surface area contributed by atoms with E-state index in [4.69, 9.17) is 0 Å². The summed E-state index contributed by atoms with van der Waals surface area (Å²) in [5, 5.41) is 2.76. The van der Waals surface area contributed by atoms with Gasteiger partial charge >= 0.3 is 0 Å². The topological polar surface area (TPSA) is 83.6 Å². The Kier molecular flexibility index (Phi) is 4.39. The lowest BCUT2D eigenvalue weighted by atomic mass is 10.1. The molecule has 1 saturated heterocycles. The van der Waals surface area contributed by atoms with E-state index in [1.165, 1.54) is 0 Å². The van der Waals surface area contributed by atoms with Crippen molar-refractivity contribution in [3.63, 3.8) is 0 Å². The van der Waals surface area contributed by atoms with Gasteiger partial charge < -0.3 is 10.2 Å². The molecule has 0 aliphatic carbocycles. The molecular formula is C16H20N2O4S. The Labute approximate surface area is 135 Å². The largest absolute Gasteiger partial charge is 0.344 e. The Hall–Kier alpha value is -1.89. The van der Waals surface area contributed by atoms with Gasteiger partial charge in [-0.2, -0.15) is 0 Å². The van der Waals surface area contributed by atoms with Crippen LogP contribution in [0.5, 0.6) is 0 Å². The summed E-state index contributed by atoms with van der Waals surface area (Å²) in [5.41, 5.74) is 0.637. The van der Waals surface area contributed by atoms with E-state index >= 15 is 0 Å². The highest BCUT2D eigenvalue weighted by atomic mass is 32.2. The van der Waals surface area contributed by atoms with Crippen LogP contribution in [0.25, 0.3) is 0 Å². The summed E-state index contributed by atoms with van der Waals surface area (Å²) in [5.74, 6) is -0.382. The van der Waals surface area contributed by atoms with Crippen molar-refractivity contribution in [2.75, 3.05) is 12.3 Å². The number of hydrogen-bond acceptors (Lipinski definition) is 4. The standard InChI is InChI=1S/C16H20N2O4S/c19-15-8-4-2-6-13(17-15)16(20)18-9-10-23(21,22)14-7-3-1-5-12(14)11-18/h1,3,5,7,13H,2,4,6,8-11H2,(H,17,19)/t13-/m1/s1. The number of amides is 2. The van der Waals surface area contributed by atoms with Crippen LogP contribution in [-0.4, -0.2) is 43.5 Å². The van der Waals surface area contributed by atoms with Gasteiger partial charge in [0.1, 0.15) is 6.04 Å². The molecule has 124 valence electrons. The first-order valence-electron chi connectivity index (χ1n) is 7.86. The van der Waals surface area contributed by atoms with Gasteiger partial charge in [0.15, 0.2) is 9.84 Å². The summed E-state index contributed by atoms with van der Waals surface area (Å²) in [7, 11) is -3.37. The van der Waals surface area contributed by atoms with Crippen molar-refractivity contribution < 1.29 is 18.0 Å². The number of benzene rings is 1. The van der Waals surface area contributed by atoms with Crippen molar-refractivity contribution >= 4 is 21.7 Å².